The molecule has 0 spiro atoms. The van der Waals surface area contributed by atoms with Gasteiger partial charge in [-0.1, -0.05) is 17.7 Å². The molecule has 2 heterocycles. The van der Waals surface area contributed by atoms with Gasteiger partial charge in [-0.05, 0) is 24.6 Å². The van der Waals surface area contributed by atoms with E-state index in [1.807, 2.05) is 13.0 Å². The first-order valence-corrected chi connectivity index (χ1v) is 6.69. The van der Waals surface area contributed by atoms with Crippen LogP contribution in [-0.4, -0.2) is 26.6 Å². The van der Waals surface area contributed by atoms with Gasteiger partial charge in [-0.3, -0.25) is 14.9 Å². The second-order valence-electron chi connectivity index (χ2n) is 4.77. The zero-order chi connectivity index (χ0) is 15.0. The van der Waals surface area contributed by atoms with Crippen LogP contribution in [0.2, 0.25) is 5.02 Å². The number of anilines is 2. The van der Waals surface area contributed by atoms with Gasteiger partial charge in [-0.2, -0.15) is 10.1 Å². The van der Waals surface area contributed by atoms with E-state index in [0.717, 1.165) is 5.56 Å². The van der Waals surface area contributed by atoms with Crippen molar-refractivity contribution >= 4 is 35.1 Å². The van der Waals surface area contributed by atoms with Crippen molar-refractivity contribution in [3.63, 3.8) is 0 Å². The van der Waals surface area contributed by atoms with Crippen LogP contribution in [-0.2, 0) is 9.59 Å². The fraction of sp³-hybridized carbons (Fsp3) is 0.231. The smallest absolute Gasteiger partial charge is 0.249 e. The van der Waals surface area contributed by atoms with Crippen molar-refractivity contribution in [3.05, 3.63) is 35.1 Å². The Labute approximate surface area is 125 Å². The Balaban J connectivity index is 1.85. The van der Waals surface area contributed by atoms with Crippen molar-refractivity contribution in [1.29, 1.82) is 0 Å². The van der Waals surface area contributed by atoms with Gasteiger partial charge in [-0.15, -0.1) is 0 Å². The van der Waals surface area contributed by atoms with E-state index >= 15 is 0 Å². The maximum absolute atomic E-state index is 12.4. The summed E-state index contributed by atoms with van der Waals surface area (Å²) in [4.78, 5) is 27.9. The van der Waals surface area contributed by atoms with Crippen molar-refractivity contribution in [2.45, 2.75) is 19.4 Å². The van der Waals surface area contributed by atoms with Crippen LogP contribution in [0.1, 0.15) is 18.0 Å². The SMILES string of the molecule is Cc1ccc(NC(=O)C2CC(=O)Nc3ncnn32)c(Cl)c1. The van der Waals surface area contributed by atoms with Crippen LogP contribution in [0.25, 0.3) is 0 Å². The molecule has 1 unspecified atom stereocenters. The zero-order valence-corrected chi connectivity index (χ0v) is 11.9. The van der Waals surface area contributed by atoms with Crippen LogP contribution in [0.3, 0.4) is 0 Å². The molecule has 1 aliphatic heterocycles. The molecule has 0 saturated carbocycles. The van der Waals surface area contributed by atoms with Gasteiger partial charge in [0.15, 0.2) is 0 Å². The summed E-state index contributed by atoms with van der Waals surface area (Å²) in [6, 6.07) is 4.58. The van der Waals surface area contributed by atoms with Crippen molar-refractivity contribution in [3.8, 4) is 0 Å². The molecule has 3 rings (SSSR count). The quantitative estimate of drug-likeness (QED) is 0.885. The normalized spacial score (nSPS) is 17.0. The Morgan fingerprint density at radius 1 is 1.52 bits per heavy atom. The number of rotatable bonds is 2. The predicted octanol–water partition coefficient (Wildman–Crippen LogP) is 1.76. The maximum Gasteiger partial charge on any atom is 0.249 e. The highest BCUT2D eigenvalue weighted by molar-refractivity contribution is 6.33. The molecule has 1 aromatic heterocycles. The first-order valence-electron chi connectivity index (χ1n) is 6.31. The Morgan fingerprint density at radius 2 is 2.33 bits per heavy atom. The van der Waals surface area contributed by atoms with Crippen LogP contribution >= 0.6 is 11.6 Å². The van der Waals surface area contributed by atoms with E-state index < -0.39 is 6.04 Å². The number of halogens is 1. The van der Waals surface area contributed by atoms with Gasteiger partial charge in [0.2, 0.25) is 17.8 Å². The van der Waals surface area contributed by atoms with Crippen molar-refractivity contribution in [1.82, 2.24) is 14.8 Å². The third-order valence-corrected chi connectivity index (χ3v) is 3.50. The predicted molar refractivity (Wildman–Crippen MR) is 77.1 cm³/mol. The van der Waals surface area contributed by atoms with Crippen molar-refractivity contribution < 1.29 is 9.59 Å². The Morgan fingerprint density at radius 3 is 3.10 bits per heavy atom. The Kier molecular flexibility index (Phi) is 3.34. The number of benzene rings is 1. The molecule has 8 heteroatoms. The molecule has 1 atom stereocenters. The first-order chi connectivity index (χ1) is 10.0. The Bertz CT molecular complexity index is 727. The van der Waals surface area contributed by atoms with Gasteiger partial charge in [0, 0.05) is 0 Å². The summed E-state index contributed by atoms with van der Waals surface area (Å²) >= 11 is 6.09. The van der Waals surface area contributed by atoms with E-state index in [2.05, 4.69) is 20.7 Å². The number of hydrogen-bond acceptors (Lipinski definition) is 4. The molecular formula is C13H12ClN5O2. The molecule has 1 aromatic carbocycles. The van der Waals surface area contributed by atoms with E-state index in [9.17, 15) is 9.59 Å². The maximum atomic E-state index is 12.4. The molecule has 2 aromatic rings. The molecule has 21 heavy (non-hydrogen) atoms. The van der Waals surface area contributed by atoms with E-state index in [1.165, 1.54) is 11.0 Å². The molecule has 2 N–H and O–H groups in total. The van der Waals surface area contributed by atoms with E-state index in [1.54, 1.807) is 12.1 Å². The number of nitrogens with one attached hydrogen (secondary N) is 2. The van der Waals surface area contributed by atoms with Crippen LogP contribution < -0.4 is 10.6 Å². The summed E-state index contributed by atoms with van der Waals surface area (Å²) in [5.74, 6) is -0.366. The van der Waals surface area contributed by atoms with Gasteiger partial charge in [0.1, 0.15) is 12.4 Å². The minimum absolute atomic E-state index is 0.00563. The minimum atomic E-state index is -0.742. The fourth-order valence-corrected chi connectivity index (χ4v) is 2.43. The summed E-state index contributed by atoms with van der Waals surface area (Å²) in [6.45, 7) is 1.91. The summed E-state index contributed by atoms with van der Waals surface area (Å²) in [5.41, 5.74) is 1.49. The first kappa shape index (κ1) is 13.6. The average Bonchev–Trinajstić information content (AvgIpc) is 2.88. The summed E-state index contributed by atoms with van der Waals surface area (Å²) in [5, 5.41) is 9.69. The number of nitrogens with zero attached hydrogens (tertiary/aromatic N) is 3. The summed E-state index contributed by atoms with van der Waals surface area (Å²) in [7, 11) is 0. The number of fused-ring (bicyclic) bond motifs is 1. The molecule has 108 valence electrons. The molecule has 2 amide bonds. The number of amides is 2. The third-order valence-electron chi connectivity index (χ3n) is 3.18. The van der Waals surface area contributed by atoms with Crippen LogP contribution in [0.15, 0.2) is 24.5 Å². The number of carbonyl (C=O) groups is 2. The zero-order valence-electron chi connectivity index (χ0n) is 11.1. The van der Waals surface area contributed by atoms with E-state index in [0.29, 0.717) is 10.7 Å². The highest BCUT2D eigenvalue weighted by atomic mass is 35.5. The number of aryl methyl sites for hydroxylation is 1. The fourth-order valence-electron chi connectivity index (χ4n) is 2.15. The van der Waals surface area contributed by atoms with E-state index in [4.69, 9.17) is 11.6 Å². The lowest BCUT2D eigenvalue weighted by molar-refractivity contribution is -0.125. The molecule has 7 nitrogen and oxygen atoms in total. The second-order valence-corrected chi connectivity index (χ2v) is 5.18. The van der Waals surface area contributed by atoms with Crippen LogP contribution in [0, 0.1) is 6.92 Å². The Hall–Kier alpha value is -2.41. The highest BCUT2D eigenvalue weighted by Crippen LogP contribution is 2.26. The van der Waals surface area contributed by atoms with Gasteiger partial charge in [0.05, 0.1) is 17.1 Å². The lowest BCUT2D eigenvalue weighted by atomic mass is 10.1. The highest BCUT2D eigenvalue weighted by Gasteiger charge is 2.32. The van der Waals surface area contributed by atoms with Gasteiger partial charge >= 0.3 is 0 Å². The van der Waals surface area contributed by atoms with Crippen LogP contribution in [0.5, 0.6) is 0 Å². The molecule has 0 saturated heterocycles. The minimum Gasteiger partial charge on any atom is -0.323 e. The molecule has 0 aliphatic carbocycles. The molecule has 0 fully saturated rings. The lowest BCUT2D eigenvalue weighted by Crippen LogP contribution is -2.36. The van der Waals surface area contributed by atoms with Gasteiger partial charge in [-0.25, -0.2) is 4.68 Å². The molecule has 0 radical (unpaired) electrons. The monoisotopic (exact) mass is 305 g/mol. The second kappa shape index (κ2) is 5.17. The standard InChI is InChI=1S/C13H12ClN5O2/c1-7-2-3-9(8(14)4-7)17-12(21)10-5-11(20)18-13-15-6-16-19(10)13/h2-4,6,10H,5H2,1H3,(H,17,21)(H,15,16,18,20). The number of hydrogen-bond donors (Lipinski definition) is 2. The number of carbonyl (C=O) groups excluding carboxylic acids is 2. The van der Waals surface area contributed by atoms with Gasteiger partial charge in [0.25, 0.3) is 0 Å². The van der Waals surface area contributed by atoms with Crippen molar-refractivity contribution in [2.75, 3.05) is 10.6 Å². The van der Waals surface area contributed by atoms with Crippen molar-refractivity contribution in [2.24, 2.45) is 0 Å². The van der Waals surface area contributed by atoms with E-state index in [-0.39, 0.29) is 24.2 Å². The van der Waals surface area contributed by atoms with Gasteiger partial charge < -0.3 is 5.32 Å². The molecular weight excluding hydrogens is 294 g/mol. The molecule has 1 aliphatic rings. The summed E-state index contributed by atoms with van der Waals surface area (Å²) < 4.78 is 1.39. The average molecular weight is 306 g/mol. The third kappa shape index (κ3) is 2.59. The largest absolute Gasteiger partial charge is 0.323 e. The lowest BCUT2D eigenvalue weighted by Gasteiger charge is -2.22. The van der Waals surface area contributed by atoms with Crippen LogP contribution in [0.4, 0.5) is 11.6 Å². The topological polar surface area (TPSA) is 88.9 Å². The molecule has 0 bridgehead atoms. The summed E-state index contributed by atoms with van der Waals surface area (Å²) in [6.07, 6.45) is 1.30. The number of aromatic nitrogens is 3.